The summed E-state index contributed by atoms with van der Waals surface area (Å²) < 4.78 is 11.7. The Morgan fingerprint density at radius 2 is 1.61 bits per heavy atom. The molecule has 31 heavy (non-hydrogen) atoms. The van der Waals surface area contributed by atoms with Crippen molar-refractivity contribution < 1.29 is 13.9 Å². The van der Waals surface area contributed by atoms with E-state index in [2.05, 4.69) is 0 Å². The number of ether oxygens (including phenoxy) is 1. The number of rotatable bonds is 3. The molecule has 0 amide bonds. The highest BCUT2D eigenvalue weighted by molar-refractivity contribution is 5.92. The third-order valence-corrected chi connectivity index (χ3v) is 7.70. The Labute approximate surface area is 181 Å². The topological polar surface area (TPSA) is 56.5 Å². The van der Waals surface area contributed by atoms with Crippen molar-refractivity contribution in [2.45, 2.75) is 51.0 Å². The van der Waals surface area contributed by atoms with Crippen molar-refractivity contribution in [3.63, 3.8) is 0 Å². The number of carbonyl (C=O) groups is 1. The Kier molecular flexibility index (Phi) is 4.14. The van der Waals surface area contributed by atoms with Crippen molar-refractivity contribution in [3.8, 4) is 11.1 Å². The van der Waals surface area contributed by atoms with Crippen LogP contribution in [0.2, 0.25) is 0 Å². The number of benzene rings is 2. The molecule has 7 rings (SSSR count). The second-order valence-corrected chi connectivity index (χ2v) is 10.0. The first-order valence-electron chi connectivity index (χ1n) is 11.4. The molecule has 3 aromatic rings. The van der Waals surface area contributed by atoms with Gasteiger partial charge >= 0.3 is 11.6 Å². The second kappa shape index (κ2) is 6.81. The standard InChI is InChI=1S/C27H26O4/c1-16-6-7-21(12-22(16)23-11-20-4-2-3-5-24(20)30-26(23)29)25(28)31-27-13-17-8-18(14-27)10-19(9-17)15-27/h2-7,11-12,17-19H,8-10,13-15H2,1H3. The van der Waals surface area contributed by atoms with Gasteiger partial charge in [0.05, 0.1) is 11.1 Å². The predicted molar refractivity (Wildman–Crippen MR) is 119 cm³/mol. The minimum absolute atomic E-state index is 0.270. The highest BCUT2D eigenvalue weighted by atomic mass is 16.6. The minimum atomic E-state index is -0.395. The van der Waals surface area contributed by atoms with Crippen LogP contribution in [0, 0.1) is 24.7 Å². The van der Waals surface area contributed by atoms with E-state index in [0.29, 0.717) is 16.7 Å². The first-order valence-corrected chi connectivity index (χ1v) is 11.4. The van der Waals surface area contributed by atoms with Crippen LogP contribution in [0.25, 0.3) is 22.1 Å². The summed E-state index contributed by atoms with van der Waals surface area (Å²) in [5, 5.41) is 0.859. The van der Waals surface area contributed by atoms with Crippen LogP contribution in [0.15, 0.2) is 57.7 Å². The van der Waals surface area contributed by atoms with Gasteiger partial charge in [-0.3, -0.25) is 0 Å². The summed E-state index contributed by atoms with van der Waals surface area (Å²) in [6.45, 7) is 1.94. The summed E-state index contributed by atoms with van der Waals surface area (Å²) >= 11 is 0. The molecule has 4 nitrogen and oxygen atoms in total. The zero-order valence-electron chi connectivity index (χ0n) is 17.7. The fourth-order valence-electron chi connectivity index (χ4n) is 6.70. The summed E-state index contributed by atoms with van der Waals surface area (Å²) in [7, 11) is 0. The van der Waals surface area contributed by atoms with E-state index in [1.54, 1.807) is 12.1 Å². The molecule has 158 valence electrons. The molecule has 0 unspecified atom stereocenters. The number of fused-ring (bicyclic) bond motifs is 1. The maximum atomic E-state index is 13.2. The van der Waals surface area contributed by atoms with Gasteiger partial charge in [0.25, 0.3) is 0 Å². The average molecular weight is 415 g/mol. The van der Waals surface area contributed by atoms with Crippen LogP contribution in [-0.4, -0.2) is 11.6 Å². The lowest BCUT2D eigenvalue weighted by atomic mass is 9.54. The Morgan fingerprint density at radius 1 is 0.935 bits per heavy atom. The van der Waals surface area contributed by atoms with Crippen LogP contribution in [0.5, 0.6) is 0 Å². The molecule has 0 saturated heterocycles. The van der Waals surface area contributed by atoms with Gasteiger partial charge in [-0.2, -0.15) is 0 Å². The first-order chi connectivity index (χ1) is 15.0. The monoisotopic (exact) mass is 414 g/mol. The number of aryl methyl sites for hydroxylation is 1. The third kappa shape index (κ3) is 3.20. The lowest BCUT2D eigenvalue weighted by Gasteiger charge is -2.55. The van der Waals surface area contributed by atoms with Crippen molar-refractivity contribution >= 4 is 16.9 Å². The van der Waals surface area contributed by atoms with Crippen LogP contribution < -0.4 is 5.63 Å². The number of para-hydroxylation sites is 1. The molecule has 1 aromatic heterocycles. The molecular formula is C27H26O4. The zero-order valence-corrected chi connectivity index (χ0v) is 17.7. The fraction of sp³-hybridized carbons (Fsp3) is 0.407. The lowest BCUT2D eigenvalue weighted by molar-refractivity contribution is -0.131. The largest absolute Gasteiger partial charge is 0.455 e. The summed E-state index contributed by atoms with van der Waals surface area (Å²) in [4.78, 5) is 25.9. The summed E-state index contributed by atoms with van der Waals surface area (Å²) in [6, 6.07) is 14.8. The maximum Gasteiger partial charge on any atom is 0.344 e. The molecule has 0 spiro atoms. The van der Waals surface area contributed by atoms with Gasteiger partial charge < -0.3 is 9.15 Å². The van der Waals surface area contributed by atoms with Crippen LogP contribution in [0.4, 0.5) is 0 Å². The van der Waals surface area contributed by atoms with Crippen molar-refractivity contribution in [1.29, 1.82) is 0 Å². The second-order valence-electron chi connectivity index (χ2n) is 10.0. The van der Waals surface area contributed by atoms with Gasteiger partial charge in [-0.05, 0) is 98.6 Å². The van der Waals surface area contributed by atoms with Gasteiger partial charge in [0, 0.05) is 5.39 Å². The smallest absolute Gasteiger partial charge is 0.344 e. The van der Waals surface area contributed by atoms with E-state index in [-0.39, 0.29) is 11.6 Å². The van der Waals surface area contributed by atoms with Crippen molar-refractivity contribution in [3.05, 3.63) is 70.1 Å². The molecule has 1 heterocycles. The molecule has 2 aromatic carbocycles. The van der Waals surface area contributed by atoms with E-state index in [1.165, 1.54) is 19.3 Å². The molecule has 0 aliphatic heterocycles. The van der Waals surface area contributed by atoms with Crippen LogP contribution in [0.3, 0.4) is 0 Å². The molecule has 0 atom stereocenters. The van der Waals surface area contributed by atoms with Crippen LogP contribution in [0.1, 0.15) is 54.4 Å². The summed E-state index contributed by atoms with van der Waals surface area (Å²) in [5.74, 6) is 1.88. The number of hydrogen-bond acceptors (Lipinski definition) is 4. The molecule has 4 fully saturated rings. The quantitative estimate of drug-likeness (QED) is 0.396. The maximum absolute atomic E-state index is 13.2. The van der Waals surface area contributed by atoms with E-state index in [0.717, 1.165) is 53.5 Å². The van der Waals surface area contributed by atoms with Gasteiger partial charge in [-0.15, -0.1) is 0 Å². The number of hydrogen-bond donors (Lipinski definition) is 0. The van der Waals surface area contributed by atoms with Crippen molar-refractivity contribution in [2.24, 2.45) is 17.8 Å². The fourth-order valence-corrected chi connectivity index (χ4v) is 6.70. The third-order valence-electron chi connectivity index (χ3n) is 7.70. The molecule has 4 bridgehead atoms. The van der Waals surface area contributed by atoms with Crippen molar-refractivity contribution in [2.75, 3.05) is 0 Å². The van der Waals surface area contributed by atoms with E-state index in [4.69, 9.17) is 9.15 Å². The molecule has 4 heteroatoms. The highest BCUT2D eigenvalue weighted by Gasteiger charge is 2.53. The van der Waals surface area contributed by atoms with Crippen LogP contribution >= 0.6 is 0 Å². The molecule has 4 aliphatic carbocycles. The molecule has 4 saturated carbocycles. The van der Waals surface area contributed by atoms with Gasteiger partial charge in [-0.25, -0.2) is 9.59 Å². The van der Waals surface area contributed by atoms with Crippen LogP contribution in [-0.2, 0) is 4.74 Å². The van der Waals surface area contributed by atoms with E-state index in [9.17, 15) is 9.59 Å². The van der Waals surface area contributed by atoms with E-state index in [1.807, 2.05) is 43.3 Å². The van der Waals surface area contributed by atoms with Gasteiger partial charge in [0.2, 0.25) is 0 Å². The predicted octanol–water partition coefficient (Wildman–Crippen LogP) is 5.89. The normalized spacial score (nSPS) is 28.7. The minimum Gasteiger partial charge on any atom is -0.455 e. The van der Waals surface area contributed by atoms with Gasteiger partial charge in [-0.1, -0.05) is 24.3 Å². The molecule has 0 radical (unpaired) electrons. The Morgan fingerprint density at radius 3 is 2.32 bits per heavy atom. The first kappa shape index (κ1) is 18.9. The van der Waals surface area contributed by atoms with Gasteiger partial charge in [0.15, 0.2) is 0 Å². The molecular weight excluding hydrogens is 388 g/mol. The van der Waals surface area contributed by atoms with Crippen molar-refractivity contribution in [1.82, 2.24) is 0 Å². The Bertz CT molecular complexity index is 1220. The Balaban J connectivity index is 1.34. The van der Waals surface area contributed by atoms with Gasteiger partial charge in [0.1, 0.15) is 11.2 Å². The summed E-state index contributed by atoms with van der Waals surface area (Å²) in [6.07, 6.45) is 6.96. The molecule has 4 aliphatic rings. The Hall–Kier alpha value is -2.88. The summed E-state index contributed by atoms with van der Waals surface area (Å²) in [5.41, 5.74) is 2.51. The zero-order chi connectivity index (χ0) is 21.2. The van der Waals surface area contributed by atoms with E-state index < -0.39 is 5.63 Å². The number of esters is 1. The average Bonchev–Trinajstić information content (AvgIpc) is 2.72. The highest BCUT2D eigenvalue weighted by Crippen LogP contribution is 2.57. The SMILES string of the molecule is Cc1ccc(C(=O)OC23CC4CC(CC(C4)C2)C3)cc1-c1cc2ccccc2oc1=O. The van der Waals surface area contributed by atoms with E-state index >= 15 is 0 Å². The molecule has 0 N–H and O–H groups in total. The lowest BCUT2D eigenvalue weighted by Crippen LogP contribution is -2.52. The number of carbonyl (C=O) groups excluding carboxylic acids is 1.